The van der Waals surface area contributed by atoms with Gasteiger partial charge in [0, 0.05) is 11.6 Å². The van der Waals surface area contributed by atoms with Crippen LogP contribution in [0.1, 0.15) is 12.5 Å². The fourth-order valence-corrected chi connectivity index (χ4v) is 1.13. The number of halogens is 1. The first-order valence-electron chi connectivity index (χ1n) is 3.75. The summed E-state index contributed by atoms with van der Waals surface area (Å²) in [5.41, 5.74) is 5.16. The predicted molar refractivity (Wildman–Crippen MR) is 50.1 cm³/mol. The van der Waals surface area contributed by atoms with Gasteiger partial charge in [0.15, 0.2) is 0 Å². The molecule has 0 fully saturated rings. The monoisotopic (exact) mass is 185 g/mol. The van der Waals surface area contributed by atoms with E-state index in [1.807, 2.05) is 0 Å². The second-order valence-electron chi connectivity index (χ2n) is 2.99. The van der Waals surface area contributed by atoms with E-state index >= 15 is 0 Å². The van der Waals surface area contributed by atoms with E-state index in [2.05, 4.69) is 0 Å². The van der Waals surface area contributed by atoms with Gasteiger partial charge >= 0.3 is 0 Å². The Labute approximate surface area is 77.0 Å². The lowest BCUT2D eigenvalue weighted by molar-refractivity contribution is 0.0668. The zero-order chi connectivity index (χ0) is 9.19. The van der Waals surface area contributed by atoms with Crippen LogP contribution in [0.25, 0.3) is 0 Å². The maximum atomic E-state index is 9.74. The molecule has 1 atom stereocenters. The molecule has 1 aromatic carbocycles. The zero-order valence-corrected chi connectivity index (χ0v) is 7.67. The van der Waals surface area contributed by atoms with E-state index < -0.39 is 5.60 Å². The third-order valence-electron chi connectivity index (χ3n) is 1.84. The van der Waals surface area contributed by atoms with Crippen LogP contribution in [-0.2, 0) is 5.60 Å². The van der Waals surface area contributed by atoms with Gasteiger partial charge in [-0.15, -0.1) is 0 Å². The molecule has 0 heterocycles. The van der Waals surface area contributed by atoms with Crippen molar-refractivity contribution in [3.63, 3.8) is 0 Å². The van der Waals surface area contributed by atoms with Gasteiger partial charge in [0.1, 0.15) is 0 Å². The van der Waals surface area contributed by atoms with Crippen LogP contribution < -0.4 is 5.73 Å². The second kappa shape index (κ2) is 3.44. The van der Waals surface area contributed by atoms with Gasteiger partial charge in [-0.1, -0.05) is 23.7 Å². The lowest BCUT2D eigenvalue weighted by Crippen LogP contribution is -2.31. The quantitative estimate of drug-likeness (QED) is 0.734. The molecule has 0 saturated heterocycles. The van der Waals surface area contributed by atoms with Gasteiger partial charge in [-0.2, -0.15) is 0 Å². The highest BCUT2D eigenvalue weighted by Gasteiger charge is 2.20. The molecule has 3 heteroatoms. The van der Waals surface area contributed by atoms with Crippen LogP contribution in [0.2, 0.25) is 5.02 Å². The fraction of sp³-hybridized carbons (Fsp3) is 0.333. The van der Waals surface area contributed by atoms with E-state index in [0.717, 1.165) is 5.56 Å². The molecule has 1 unspecified atom stereocenters. The molecule has 0 saturated carbocycles. The molecule has 0 aliphatic rings. The molecule has 12 heavy (non-hydrogen) atoms. The van der Waals surface area contributed by atoms with Crippen molar-refractivity contribution in [1.29, 1.82) is 0 Å². The molecule has 0 aromatic heterocycles. The highest BCUT2D eigenvalue weighted by molar-refractivity contribution is 6.30. The Morgan fingerprint density at radius 3 is 2.75 bits per heavy atom. The Hall–Kier alpha value is -0.570. The first-order chi connectivity index (χ1) is 5.56. The molecule has 0 amide bonds. The first-order valence-corrected chi connectivity index (χ1v) is 4.12. The van der Waals surface area contributed by atoms with Crippen molar-refractivity contribution >= 4 is 11.6 Å². The molecule has 0 radical (unpaired) electrons. The van der Waals surface area contributed by atoms with Crippen LogP contribution in [0.15, 0.2) is 24.3 Å². The SMILES string of the molecule is CC(O)(CN)c1cccc(Cl)c1. The van der Waals surface area contributed by atoms with Gasteiger partial charge in [-0.3, -0.25) is 0 Å². The van der Waals surface area contributed by atoms with Crippen molar-refractivity contribution in [3.05, 3.63) is 34.9 Å². The normalized spacial score (nSPS) is 15.7. The van der Waals surface area contributed by atoms with Crippen molar-refractivity contribution in [2.24, 2.45) is 5.73 Å². The van der Waals surface area contributed by atoms with E-state index in [1.54, 1.807) is 31.2 Å². The topological polar surface area (TPSA) is 46.2 Å². The van der Waals surface area contributed by atoms with Crippen molar-refractivity contribution in [3.8, 4) is 0 Å². The van der Waals surface area contributed by atoms with Crippen LogP contribution in [0.3, 0.4) is 0 Å². The smallest absolute Gasteiger partial charge is 0.0990 e. The number of aliphatic hydroxyl groups is 1. The van der Waals surface area contributed by atoms with Gasteiger partial charge in [0.05, 0.1) is 5.60 Å². The second-order valence-corrected chi connectivity index (χ2v) is 3.42. The van der Waals surface area contributed by atoms with E-state index in [-0.39, 0.29) is 6.54 Å². The molecular formula is C9H12ClNO. The third kappa shape index (κ3) is 1.97. The van der Waals surface area contributed by atoms with Gasteiger partial charge in [-0.05, 0) is 24.6 Å². The molecule has 0 aliphatic carbocycles. The molecule has 0 spiro atoms. The minimum absolute atomic E-state index is 0.188. The average Bonchev–Trinajstić information content (AvgIpc) is 2.05. The molecule has 1 rings (SSSR count). The summed E-state index contributed by atoms with van der Waals surface area (Å²) in [6, 6.07) is 7.08. The third-order valence-corrected chi connectivity index (χ3v) is 2.08. The number of hydrogen-bond donors (Lipinski definition) is 2. The zero-order valence-electron chi connectivity index (χ0n) is 6.92. The molecule has 0 bridgehead atoms. The summed E-state index contributed by atoms with van der Waals surface area (Å²) in [7, 11) is 0. The van der Waals surface area contributed by atoms with Crippen LogP contribution in [0, 0.1) is 0 Å². The van der Waals surface area contributed by atoms with Crippen molar-refractivity contribution < 1.29 is 5.11 Å². The van der Waals surface area contributed by atoms with Gasteiger partial charge < -0.3 is 10.8 Å². The average molecular weight is 186 g/mol. The van der Waals surface area contributed by atoms with E-state index in [9.17, 15) is 5.11 Å². The molecular weight excluding hydrogens is 174 g/mol. The van der Waals surface area contributed by atoms with Crippen LogP contribution in [0.5, 0.6) is 0 Å². The number of rotatable bonds is 2. The van der Waals surface area contributed by atoms with E-state index in [4.69, 9.17) is 17.3 Å². The lowest BCUT2D eigenvalue weighted by atomic mass is 9.97. The summed E-state index contributed by atoms with van der Waals surface area (Å²) in [4.78, 5) is 0. The Kier molecular flexibility index (Phi) is 2.73. The molecule has 1 aromatic rings. The molecule has 66 valence electrons. The molecule has 0 aliphatic heterocycles. The number of nitrogens with two attached hydrogens (primary N) is 1. The van der Waals surface area contributed by atoms with E-state index in [1.165, 1.54) is 0 Å². The largest absolute Gasteiger partial charge is 0.384 e. The maximum absolute atomic E-state index is 9.74. The fourth-order valence-electron chi connectivity index (χ4n) is 0.941. The van der Waals surface area contributed by atoms with Crippen LogP contribution in [0.4, 0.5) is 0 Å². The van der Waals surface area contributed by atoms with Crippen molar-refractivity contribution in [1.82, 2.24) is 0 Å². The number of benzene rings is 1. The van der Waals surface area contributed by atoms with E-state index in [0.29, 0.717) is 5.02 Å². The first kappa shape index (κ1) is 9.52. The lowest BCUT2D eigenvalue weighted by Gasteiger charge is -2.21. The van der Waals surface area contributed by atoms with Gasteiger partial charge in [0.25, 0.3) is 0 Å². The Bertz CT molecular complexity index is 273. The minimum atomic E-state index is -0.981. The highest BCUT2D eigenvalue weighted by atomic mass is 35.5. The summed E-state index contributed by atoms with van der Waals surface area (Å²) in [6.45, 7) is 1.85. The summed E-state index contributed by atoms with van der Waals surface area (Å²) in [6.07, 6.45) is 0. The van der Waals surface area contributed by atoms with Crippen molar-refractivity contribution in [2.45, 2.75) is 12.5 Å². The Morgan fingerprint density at radius 2 is 2.25 bits per heavy atom. The summed E-state index contributed by atoms with van der Waals surface area (Å²) in [5, 5.41) is 10.3. The minimum Gasteiger partial charge on any atom is -0.384 e. The summed E-state index contributed by atoms with van der Waals surface area (Å²) in [5.74, 6) is 0. The maximum Gasteiger partial charge on any atom is 0.0990 e. The van der Waals surface area contributed by atoms with Crippen molar-refractivity contribution in [2.75, 3.05) is 6.54 Å². The van der Waals surface area contributed by atoms with Crippen LogP contribution in [-0.4, -0.2) is 11.7 Å². The number of hydrogen-bond acceptors (Lipinski definition) is 2. The molecule has 3 N–H and O–H groups in total. The molecule has 2 nitrogen and oxygen atoms in total. The standard InChI is InChI=1S/C9H12ClNO/c1-9(12,6-11)7-3-2-4-8(10)5-7/h2-5,12H,6,11H2,1H3. The van der Waals surface area contributed by atoms with Gasteiger partial charge in [0.2, 0.25) is 0 Å². The summed E-state index contributed by atoms with van der Waals surface area (Å²) < 4.78 is 0. The predicted octanol–water partition coefficient (Wildman–Crippen LogP) is 1.51. The highest BCUT2D eigenvalue weighted by Crippen LogP contribution is 2.21. The van der Waals surface area contributed by atoms with Gasteiger partial charge in [-0.25, -0.2) is 0 Å². The summed E-state index contributed by atoms with van der Waals surface area (Å²) >= 11 is 5.76. The Morgan fingerprint density at radius 1 is 1.58 bits per heavy atom. The Balaban J connectivity index is 3.03. The van der Waals surface area contributed by atoms with Crippen LogP contribution >= 0.6 is 11.6 Å².